The summed E-state index contributed by atoms with van der Waals surface area (Å²) in [5.74, 6) is 0. The van der Waals surface area contributed by atoms with Crippen LogP contribution in [0, 0.1) is 0 Å². The maximum absolute atomic E-state index is 5.98. The molecule has 0 aliphatic carbocycles. The van der Waals surface area contributed by atoms with Gasteiger partial charge in [-0.15, -0.1) is 0 Å². The van der Waals surface area contributed by atoms with Crippen molar-refractivity contribution in [2.75, 3.05) is 5.32 Å². The first-order chi connectivity index (χ1) is 10.3. The van der Waals surface area contributed by atoms with E-state index in [4.69, 9.17) is 11.6 Å². The summed E-state index contributed by atoms with van der Waals surface area (Å²) in [7, 11) is 0. The third-order valence-electron chi connectivity index (χ3n) is 3.74. The van der Waals surface area contributed by atoms with E-state index in [9.17, 15) is 0 Å². The van der Waals surface area contributed by atoms with Gasteiger partial charge in [0.1, 0.15) is 0 Å². The van der Waals surface area contributed by atoms with Gasteiger partial charge in [-0.1, -0.05) is 37.1 Å². The fourth-order valence-electron chi connectivity index (χ4n) is 2.65. The number of nitrogens with one attached hydrogen (secondary N) is 2. The van der Waals surface area contributed by atoms with E-state index < -0.39 is 0 Å². The summed E-state index contributed by atoms with van der Waals surface area (Å²) in [6.07, 6.45) is 4.19. The summed E-state index contributed by atoms with van der Waals surface area (Å²) in [4.78, 5) is 3.22. The van der Waals surface area contributed by atoms with Crippen molar-refractivity contribution in [1.29, 1.82) is 0 Å². The molecule has 0 saturated heterocycles. The molecule has 0 aliphatic heterocycles. The highest BCUT2D eigenvalue weighted by Crippen LogP contribution is 2.27. The zero-order valence-corrected chi connectivity index (χ0v) is 12.8. The smallest absolute Gasteiger partial charge is 0.0513 e. The number of hydrogen-bond donors (Lipinski definition) is 2. The second-order valence-corrected chi connectivity index (χ2v) is 5.75. The second-order valence-electron chi connectivity index (χ2n) is 5.32. The largest absolute Gasteiger partial charge is 0.378 e. The number of halogens is 1. The summed E-state index contributed by atoms with van der Waals surface area (Å²) in [5, 5.41) is 5.65. The number of benzene rings is 2. The molecule has 1 atom stereocenters. The molecule has 2 N–H and O–H groups in total. The summed E-state index contributed by atoms with van der Waals surface area (Å²) < 4.78 is 0. The summed E-state index contributed by atoms with van der Waals surface area (Å²) >= 11 is 5.98. The van der Waals surface area contributed by atoms with E-state index in [1.54, 1.807) is 0 Å². The van der Waals surface area contributed by atoms with E-state index in [1.165, 1.54) is 16.5 Å². The molecule has 21 heavy (non-hydrogen) atoms. The topological polar surface area (TPSA) is 27.8 Å². The van der Waals surface area contributed by atoms with Gasteiger partial charge in [-0.2, -0.15) is 0 Å². The van der Waals surface area contributed by atoms with Crippen molar-refractivity contribution in [1.82, 2.24) is 4.98 Å². The first-order valence-electron chi connectivity index (χ1n) is 7.35. The van der Waals surface area contributed by atoms with Crippen molar-refractivity contribution in [2.24, 2.45) is 0 Å². The molecule has 3 rings (SSSR count). The van der Waals surface area contributed by atoms with Crippen LogP contribution in [0.25, 0.3) is 10.9 Å². The number of rotatable bonds is 5. The van der Waals surface area contributed by atoms with E-state index in [2.05, 4.69) is 53.6 Å². The Morgan fingerprint density at radius 1 is 1.10 bits per heavy atom. The molecule has 2 aromatic carbocycles. The Morgan fingerprint density at radius 3 is 2.67 bits per heavy atom. The third kappa shape index (κ3) is 3.22. The maximum Gasteiger partial charge on any atom is 0.0513 e. The van der Waals surface area contributed by atoms with Crippen molar-refractivity contribution in [3.8, 4) is 0 Å². The Morgan fingerprint density at radius 2 is 1.90 bits per heavy atom. The van der Waals surface area contributed by atoms with Crippen LogP contribution in [0.15, 0.2) is 54.7 Å². The van der Waals surface area contributed by atoms with E-state index in [0.29, 0.717) is 6.04 Å². The van der Waals surface area contributed by atoms with Crippen molar-refractivity contribution in [2.45, 2.75) is 25.8 Å². The lowest BCUT2D eigenvalue weighted by Gasteiger charge is -2.20. The van der Waals surface area contributed by atoms with Gasteiger partial charge in [0, 0.05) is 27.8 Å². The van der Waals surface area contributed by atoms with Gasteiger partial charge in [-0.3, -0.25) is 0 Å². The minimum atomic E-state index is 0.309. The monoisotopic (exact) mass is 298 g/mol. The van der Waals surface area contributed by atoms with Gasteiger partial charge < -0.3 is 10.3 Å². The zero-order valence-electron chi connectivity index (χ0n) is 12.1. The van der Waals surface area contributed by atoms with Crippen molar-refractivity contribution in [3.05, 3.63) is 65.3 Å². The van der Waals surface area contributed by atoms with Crippen LogP contribution in [0.3, 0.4) is 0 Å². The van der Waals surface area contributed by atoms with Crippen molar-refractivity contribution in [3.63, 3.8) is 0 Å². The van der Waals surface area contributed by atoms with Gasteiger partial charge in [-0.05, 0) is 48.4 Å². The Bertz CT molecular complexity index is 715. The van der Waals surface area contributed by atoms with Crippen LogP contribution in [0.2, 0.25) is 5.02 Å². The standard InChI is InChI=1S/C18H19ClN2/c1-2-3-18(13-4-6-15(19)7-5-13)21-16-8-9-17-14(12-16)10-11-20-17/h4-12,18,20-21H,2-3H2,1H3. The van der Waals surface area contributed by atoms with Crippen LogP contribution in [-0.2, 0) is 0 Å². The van der Waals surface area contributed by atoms with E-state index >= 15 is 0 Å². The molecule has 1 heterocycles. The SMILES string of the molecule is CCCC(Nc1ccc2[nH]ccc2c1)c1ccc(Cl)cc1. The highest BCUT2D eigenvalue weighted by Gasteiger charge is 2.10. The number of aromatic amines is 1. The van der Waals surface area contributed by atoms with Gasteiger partial charge >= 0.3 is 0 Å². The summed E-state index contributed by atoms with van der Waals surface area (Å²) in [6.45, 7) is 2.21. The Labute approximate surface area is 130 Å². The first-order valence-corrected chi connectivity index (χ1v) is 7.73. The number of aromatic nitrogens is 1. The molecule has 0 amide bonds. The third-order valence-corrected chi connectivity index (χ3v) is 4.00. The van der Waals surface area contributed by atoms with Gasteiger partial charge in [0.15, 0.2) is 0 Å². The van der Waals surface area contributed by atoms with Crippen LogP contribution in [0.1, 0.15) is 31.4 Å². The average molecular weight is 299 g/mol. The molecule has 3 aromatic rings. The molecule has 0 bridgehead atoms. The number of H-pyrrole nitrogens is 1. The van der Waals surface area contributed by atoms with Crippen LogP contribution in [-0.4, -0.2) is 4.98 Å². The fraction of sp³-hybridized carbons (Fsp3) is 0.222. The molecule has 3 heteroatoms. The molecule has 0 aliphatic rings. The summed E-state index contributed by atoms with van der Waals surface area (Å²) in [5.41, 5.74) is 3.59. The normalized spacial score (nSPS) is 12.5. The maximum atomic E-state index is 5.98. The van der Waals surface area contributed by atoms with Crippen LogP contribution >= 0.6 is 11.6 Å². The number of fused-ring (bicyclic) bond motifs is 1. The van der Waals surface area contributed by atoms with Gasteiger partial charge in [-0.25, -0.2) is 0 Å². The molecule has 1 unspecified atom stereocenters. The predicted octanol–water partition coefficient (Wildman–Crippen LogP) is 5.77. The molecule has 0 spiro atoms. The molecule has 0 fully saturated rings. The second kappa shape index (κ2) is 6.23. The molecule has 108 valence electrons. The van der Waals surface area contributed by atoms with Crippen LogP contribution in [0.4, 0.5) is 5.69 Å². The Kier molecular flexibility index (Phi) is 4.16. The van der Waals surface area contributed by atoms with Crippen molar-refractivity contribution < 1.29 is 0 Å². The minimum absolute atomic E-state index is 0.309. The molecular weight excluding hydrogens is 280 g/mol. The molecular formula is C18H19ClN2. The van der Waals surface area contributed by atoms with E-state index in [1.807, 2.05) is 18.3 Å². The van der Waals surface area contributed by atoms with Crippen LogP contribution in [0.5, 0.6) is 0 Å². The quantitative estimate of drug-likeness (QED) is 0.614. The van der Waals surface area contributed by atoms with Gasteiger partial charge in [0.05, 0.1) is 6.04 Å². The van der Waals surface area contributed by atoms with Crippen molar-refractivity contribution >= 4 is 28.2 Å². The number of hydrogen-bond acceptors (Lipinski definition) is 1. The molecule has 2 nitrogen and oxygen atoms in total. The zero-order chi connectivity index (χ0) is 14.7. The Hall–Kier alpha value is -1.93. The van der Waals surface area contributed by atoms with E-state index in [0.717, 1.165) is 23.6 Å². The lowest BCUT2D eigenvalue weighted by molar-refractivity contribution is 0.678. The summed E-state index contributed by atoms with van der Waals surface area (Å²) in [6, 6.07) is 16.9. The Balaban J connectivity index is 1.85. The lowest BCUT2D eigenvalue weighted by atomic mass is 10.0. The van der Waals surface area contributed by atoms with Gasteiger partial charge in [0.2, 0.25) is 0 Å². The average Bonchev–Trinajstić information content (AvgIpc) is 2.95. The number of anilines is 1. The lowest BCUT2D eigenvalue weighted by Crippen LogP contribution is -2.10. The molecule has 0 saturated carbocycles. The minimum Gasteiger partial charge on any atom is -0.378 e. The highest BCUT2D eigenvalue weighted by molar-refractivity contribution is 6.30. The first kappa shape index (κ1) is 14.0. The fourth-order valence-corrected chi connectivity index (χ4v) is 2.78. The predicted molar refractivity (Wildman–Crippen MR) is 91.0 cm³/mol. The van der Waals surface area contributed by atoms with Crippen LogP contribution < -0.4 is 5.32 Å². The van der Waals surface area contributed by atoms with Gasteiger partial charge in [0.25, 0.3) is 0 Å². The molecule has 1 aromatic heterocycles. The van der Waals surface area contributed by atoms with E-state index in [-0.39, 0.29) is 0 Å². The highest BCUT2D eigenvalue weighted by atomic mass is 35.5. The molecule has 0 radical (unpaired) electrons.